The molecule has 0 heterocycles. The van der Waals surface area contributed by atoms with Gasteiger partial charge in [0.15, 0.2) is 0 Å². The number of alkyl halides is 3. The minimum atomic E-state index is -4.25. The van der Waals surface area contributed by atoms with E-state index in [0.717, 1.165) is 0 Å². The van der Waals surface area contributed by atoms with Crippen molar-refractivity contribution in [1.29, 1.82) is 0 Å². The molecule has 5 heteroatoms. The van der Waals surface area contributed by atoms with E-state index in [1.807, 2.05) is 0 Å². The zero-order valence-electron chi connectivity index (χ0n) is 3.43. The first kappa shape index (κ1) is 15.7. The van der Waals surface area contributed by atoms with Crippen molar-refractivity contribution in [3.63, 3.8) is 0 Å². The molecule has 7 heavy (non-hydrogen) atoms. The molecule has 0 aromatic carbocycles. The summed E-state index contributed by atoms with van der Waals surface area (Å²) in [6, 6.07) is 0. The minimum Gasteiger partial charge on any atom is -1.00 e. The second-order valence-electron chi connectivity index (χ2n) is 0.615. The van der Waals surface area contributed by atoms with Crippen LogP contribution in [0.5, 0.6) is 0 Å². The van der Waals surface area contributed by atoms with E-state index < -0.39 is 6.18 Å². The minimum absolute atomic E-state index is 0. The van der Waals surface area contributed by atoms with Gasteiger partial charge in [0.25, 0.3) is 6.18 Å². The smallest absolute Gasteiger partial charge is 1.00 e. The topological polar surface area (TPSA) is 0 Å². The molecule has 0 amide bonds. The summed E-state index contributed by atoms with van der Waals surface area (Å²) in [5.74, 6) is 0. The summed E-state index contributed by atoms with van der Waals surface area (Å²) >= 11 is 0. The Hall–Kier alpha value is 1.04. The molecule has 0 saturated heterocycles. The van der Waals surface area contributed by atoms with Crippen LogP contribution in [0, 0.1) is 6.92 Å². The summed E-state index contributed by atoms with van der Waals surface area (Å²) in [6.07, 6.45) is -4.25. The third-order valence-electron chi connectivity index (χ3n) is 0. The summed E-state index contributed by atoms with van der Waals surface area (Å²) in [7, 11) is 0. The van der Waals surface area contributed by atoms with Gasteiger partial charge in [0.2, 0.25) is 0 Å². The Morgan fingerprint density at radius 2 is 1.14 bits per heavy atom. The van der Waals surface area contributed by atoms with E-state index in [0.29, 0.717) is 0 Å². The van der Waals surface area contributed by atoms with Gasteiger partial charge in [-0.05, 0) is 0 Å². The predicted molar refractivity (Wildman–Crippen MR) is 17.2 cm³/mol. The molecule has 0 aliphatic heterocycles. The van der Waals surface area contributed by atoms with Crippen LogP contribution in [0.4, 0.5) is 13.2 Å². The van der Waals surface area contributed by atoms with Crippen LogP contribution in [0.1, 0.15) is 0 Å². The van der Waals surface area contributed by atoms with Crippen LogP contribution in [0.15, 0.2) is 0 Å². The van der Waals surface area contributed by atoms with Crippen molar-refractivity contribution in [2.75, 3.05) is 0 Å². The first-order valence-corrected chi connectivity index (χ1v) is 0.921. The maximum Gasteiger partial charge on any atom is 2.00 e. The molecule has 0 atom stereocenters. The summed E-state index contributed by atoms with van der Waals surface area (Å²) in [5.41, 5.74) is 0. The van der Waals surface area contributed by atoms with E-state index in [1.54, 1.807) is 6.92 Å². The van der Waals surface area contributed by atoms with Gasteiger partial charge in [-0.15, -0.1) is 0 Å². The third-order valence-corrected chi connectivity index (χ3v) is 0. The second kappa shape index (κ2) is 5.18. The molecule has 0 aromatic heterocycles. The zero-order chi connectivity index (χ0) is 4.50. The molecular formula is C2H2BrF3Mg. The van der Waals surface area contributed by atoms with Crippen LogP contribution >= 0.6 is 0 Å². The Bertz CT molecular complexity index is 28.4. The Kier molecular flexibility index (Phi) is 11.6. The van der Waals surface area contributed by atoms with Gasteiger partial charge in [-0.25, -0.2) is 20.1 Å². The maximum absolute atomic E-state index is 10.2. The van der Waals surface area contributed by atoms with Crippen molar-refractivity contribution in [2.45, 2.75) is 6.18 Å². The largest absolute Gasteiger partial charge is 2.00 e. The van der Waals surface area contributed by atoms with Crippen LogP contribution in [-0.4, -0.2) is 29.2 Å². The van der Waals surface area contributed by atoms with E-state index in [9.17, 15) is 13.2 Å². The average molecular weight is 187 g/mol. The summed E-state index contributed by atoms with van der Waals surface area (Å²) in [6.45, 7) is 1.77. The van der Waals surface area contributed by atoms with Gasteiger partial charge in [0.1, 0.15) is 0 Å². The van der Waals surface area contributed by atoms with Gasteiger partial charge < -0.3 is 17.0 Å². The molecule has 0 spiro atoms. The first-order chi connectivity index (χ1) is 2.00. The second-order valence-corrected chi connectivity index (χ2v) is 0.615. The Labute approximate surface area is 66.4 Å². The van der Waals surface area contributed by atoms with Crippen LogP contribution in [0.3, 0.4) is 0 Å². The van der Waals surface area contributed by atoms with Crippen LogP contribution in [0.2, 0.25) is 0 Å². The van der Waals surface area contributed by atoms with E-state index in [4.69, 9.17) is 0 Å². The van der Waals surface area contributed by atoms with Gasteiger partial charge in [-0.2, -0.15) is 0 Å². The van der Waals surface area contributed by atoms with Crippen LogP contribution < -0.4 is 17.0 Å². The summed E-state index contributed by atoms with van der Waals surface area (Å²) < 4.78 is 30.7. The third kappa shape index (κ3) is 166. The SMILES string of the molecule is [Br-].[CH2-]C(F)(F)F.[Mg+2]. The van der Waals surface area contributed by atoms with E-state index in [-0.39, 0.29) is 40.0 Å². The quantitative estimate of drug-likeness (QED) is 0.304. The van der Waals surface area contributed by atoms with Crippen molar-refractivity contribution in [3.8, 4) is 0 Å². The van der Waals surface area contributed by atoms with Crippen LogP contribution in [0.25, 0.3) is 0 Å². The molecule has 0 aliphatic rings. The predicted octanol–water partition coefficient (Wildman–Crippen LogP) is -1.99. The summed E-state index contributed by atoms with van der Waals surface area (Å²) in [5, 5.41) is 0. The van der Waals surface area contributed by atoms with E-state index in [1.165, 1.54) is 0 Å². The fourth-order valence-electron chi connectivity index (χ4n) is 0. The van der Waals surface area contributed by atoms with Gasteiger partial charge in [-0.3, -0.25) is 0 Å². The molecule has 0 aromatic rings. The molecule has 0 radical (unpaired) electrons. The molecule has 0 saturated carbocycles. The summed E-state index contributed by atoms with van der Waals surface area (Å²) in [4.78, 5) is 0. The number of hydrogen-bond donors (Lipinski definition) is 0. The Balaban J connectivity index is -0.0000000800. The zero-order valence-corrected chi connectivity index (χ0v) is 6.43. The molecular weight excluding hydrogens is 185 g/mol. The van der Waals surface area contributed by atoms with Crippen molar-refractivity contribution >= 4 is 23.1 Å². The molecule has 0 aliphatic carbocycles. The average Bonchev–Trinajstić information content (AvgIpc) is 0.722. The van der Waals surface area contributed by atoms with Crippen LogP contribution in [-0.2, 0) is 0 Å². The monoisotopic (exact) mass is 186 g/mol. The Morgan fingerprint density at radius 1 is 1.14 bits per heavy atom. The van der Waals surface area contributed by atoms with Gasteiger partial charge in [0, 0.05) is 0 Å². The van der Waals surface area contributed by atoms with E-state index >= 15 is 0 Å². The molecule has 0 bridgehead atoms. The van der Waals surface area contributed by atoms with Gasteiger partial charge in [-0.1, -0.05) is 0 Å². The number of rotatable bonds is 0. The van der Waals surface area contributed by atoms with Gasteiger partial charge in [0.05, 0.1) is 0 Å². The van der Waals surface area contributed by atoms with Crippen molar-refractivity contribution in [3.05, 3.63) is 6.92 Å². The van der Waals surface area contributed by atoms with Crippen molar-refractivity contribution < 1.29 is 30.2 Å². The van der Waals surface area contributed by atoms with E-state index in [2.05, 4.69) is 0 Å². The molecule has 0 unspecified atom stereocenters. The fourth-order valence-corrected chi connectivity index (χ4v) is 0. The molecule has 0 fully saturated rings. The molecule has 0 rings (SSSR count). The maximum atomic E-state index is 10.2. The fraction of sp³-hybridized carbons (Fsp3) is 0.500. The standard InChI is InChI=1S/C2H2F3.BrH.Mg/c1-2(3,4)5;;/h1H2;1H;/q-1;;+2/p-1. The molecule has 40 valence electrons. The first-order valence-electron chi connectivity index (χ1n) is 0.921. The normalized spacial score (nSPS) is 8.57. The molecule has 0 N–H and O–H groups in total. The van der Waals surface area contributed by atoms with Gasteiger partial charge >= 0.3 is 23.1 Å². The number of halogens is 4. The Morgan fingerprint density at radius 3 is 1.14 bits per heavy atom. The van der Waals surface area contributed by atoms with Crippen molar-refractivity contribution in [1.82, 2.24) is 0 Å². The molecule has 0 nitrogen and oxygen atoms in total. The van der Waals surface area contributed by atoms with Crippen molar-refractivity contribution in [2.24, 2.45) is 0 Å². The number of hydrogen-bond acceptors (Lipinski definition) is 0.